The van der Waals surface area contributed by atoms with E-state index in [0.29, 0.717) is 18.1 Å². The molecule has 1 heterocycles. The first-order chi connectivity index (χ1) is 10.3. The number of carbonyl (C=O) groups excluding carboxylic acids is 1. The third-order valence-corrected chi connectivity index (χ3v) is 3.98. The number of benzene rings is 1. The smallest absolute Gasteiger partial charge is 0.410 e. The Morgan fingerprint density at radius 2 is 2.18 bits per heavy atom. The lowest BCUT2D eigenvalue weighted by Gasteiger charge is -2.36. The Hall–Kier alpha value is -1.26. The van der Waals surface area contributed by atoms with Crippen molar-refractivity contribution in [1.29, 1.82) is 0 Å². The lowest BCUT2D eigenvalue weighted by atomic mass is 9.89. The predicted molar refractivity (Wildman–Crippen MR) is 86.9 cm³/mol. The van der Waals surface area contributed by atoms with E-state index in [1.54, 1.807) is 17.0 Å². The fourth-order valence-corrected chi connectivity index (χ4v) is 2.92. The number of ether oxygens (including phenoxy) is 1. The maximum Gasteiger partial charge on any atom is 0.410 e. The molecule has 22 heavy (non-hydrogen) atoms. The Balaban J connectivity index is 2.02. The molecule has 0 unspecified atom stereocenters. The highest BCUT2D eigenvalue weighted by Gasteiger charge is 2.31. The SMILES string of the molecule is CC(C)(C)OC(=O)N1CCC[C@H]([C@H](O)c2cccc(Cl)c2)C1. The van der Waals surface area contributed by atoms with Crippen molar-refractivity contribution < 1.29 is 14.6 Å². The average molecular weight is 326 g/mol. The zero-order valence-electron chi connectivity index (χ0n) is 13.4. The molecular formula is C17H24ClNO3. The molecule has 0 radical (unpaired) electrons. The van der Waals surface area contributed by atoms with Gasteiger partial charge in [0.25, 0.3) is 0 Å². The van der Waals surface area contributed by atoms with Gasteiger partial charge in [0.2, 0.25) is 0 Å². The molecule has 1 N–H and O–H groups in total. The second-order valence-corrected chi connectivity index (χ2v) is 7.26. The van der Waals surface area contributed by atoms with Gasteiger partial charge in [-0.15, -0.1) is 0 Å². The molecule has 1 saturated heterocycles. The van der Waals surface area contributed by atoms with Crippen LogP contribution in [0.15, 0.2) is 24.3 Å². The van der Waals surface area contributed by atoms with Crippen LogP contribution in [0.25, 0.3) is 0 Å². The van der Waals surface area contributed by atoms with Crippen LogP contribution >= 0.6 is 11.6 Å². The summed E-state index contributed by atoms with van der Waals surface area (Å²) >= 11 is 5.98. The zero-order valence-corrected chi connectivity index (χ0v) is 14.1. The van der Waals surface area contributed by atoms with Crippen molar-refractivity contribution in [3.8, 4) is 0 Å². The number of piperidine rings is 1. The van der Waals surface area contributed by atoms with Gasteiger partial charge in [-0.2, -0.15) is 0 Å². The number of carbonyl (C=O) groups is 1. The van der Waals surface area contributed by atoms with Crippen LogP contribution in [-0.2, 0) is 4.74 Å². The number of hydrogen-bond acceptors (Lipinski definition) is 3. The molecule has 122 valence electrons. The number of halogens is 1. The summed E-state index contributed by atoms with van der Waals surface area (Å²) in [6.07, 6.45) is 0.813. The summed E-state index contributed by atoms with van der Waals surface area (Å²) in [5.41, 5.74) is 0.291. The van der Waals surface area contributed by atoms with E-state index < -0.39 is 11.7 Å². The summed E-state index contributed by atoms with van der Waals surface area (Å²) in [6, 6.07) is 7.25. The van der Waals surface area contributed by atoms with Crippen molar-refractivity contribution in [2.24, 2.45) is 5.92 Å². The summed E-state index contributed by atoms with van der Waals surface area (Å²) in [5.74, 6) is -0.000245. The van der Waals surface area contributed by atoms with Gasteiger partial charge in [-0.05, 0) is 51.3 Å². The second-order valence-electron chi connectivity index (χ2n) is 6.83. The highest BCUT2D eigenvalue weighted by atomic mass is 35.5. The molecule has 2 atom stereocenters. The van der Waals surface area contributed by atoms with Crippen molar-refractivity contribution in [3.05, 3.63) is 34.9 Å². The molecule has 0 aromatic heterocycles. The van der Waals surface area contributed by atoms with E-state index in [1.807, 2.05) is 32.9 Å². The number of aliphatic hydroxyl groups is 1. The third-order valence-electron chi connectivity index (χ3n) is 3.75. The summed E-state index contributed by atoms with van der Waals surface area (Å²) in [5, 5.41) is 11.2. The van der Waals surface area contributed by atoms with E-state index in [1.165, 1.54) is 0 Å². The molecule has 2 rings (SSSR count). The summed E-state index contributed by atoms with van der Waals surface area (Å²) in [6.45, 7) is 6.74. The van der Waals surface area contributed by atoms with Gasteiger partial charge in [0.15, 0.2) is 0 Å². The highest BCUT2D eigenvalue weighted by molar-refractivity contribution is 6.30. The van der Waals surface area contributed by atoms with Crippen molar-refractivity contribution in [2.45, 2.75) is 45.3 Å². The van der Waals surface area contributed by atoms with Crippen molar-refractivity contribution >= 4 is 17.7 Å². The topological polar surface area (TPSA) is 49.8 Å². The minimum Gasteiger partial charge on any atom is -0.444 e. The lowest BCUT2D eigenvalue weighted by Crippen LogP contribution is -2.44. The Bertz CT molecular complexity index is 527. The van der Waals surface area contributed by atoms with Gasteiger partial charge < -0.3 is 14.7 Å². The van der Waals surface area contributed by atoms with Gasteiger partial charge in [0.05, 0.1) is 6.10 Å². The molecule has 0 aliphatic carbocycles. The first-order valence-corrected chi connectivity index (χ1v) is 8.05. The Morgan fingerprint density at radius 1 is 1.45 bits per heavy atom. The first-order valence-electron chi connectivity index (χ1n) is 7.68. The molecule has 0 bridgehead atoms. The molecular weight excluding hydrogens is 302 g/mol. The molecule has 1 aliphatic heterocycles. The molecule has 0 saturated carbocycles. The Kier molecular flexibility index (Phi) is 5.35. The largest absolute Gasteiger partial charge is 0.444 e. The first kappa shape index (κ1) is 17.1. The maximum atomic E-state index is 12.2. The Labute approximate surface area is 137 Å². The maximum absolute atomic E-state index is 12.2. The van der Waals surface area contributed by atoms with E-state index in [2.05, 4.69) is 0 Å². The average Bonchev–Trinajstić information content (AvgIpc) is 2.45. The summed E-state index contributed by atoms with van der Waals surface area (Å²) < 4.78 is 5.41. The van der Waals surface area contributed by atoms with Gasteiger partial charge in [0, 0.05) is 24.0 Å². The molecule has 1 fully saturated rings. The van der Waals surface area contributed by atoms with E-state index in [0.717, 1.165) is 18.4 Å². The molecule has 1 aromatic rings. The summed E-state index contributed by atoms with van der Waals surface area (Å²) in [4.78, 5) is 13.9. The third kappa shape index (κ3) is 4.62. The molecule has 0 spiro atoms. The lowest BCUT2D eigenvalue weighted by molar-refractivity contribution is 0.00239. The number of amides is 1. The normalized spacial score (nSPS) is 20.6. The van der Waals surface area contributed by atoms with Crippen LogP contribution < -0.4 is 0 Å². The number of likely N-dealkylation sites (tertiary alicyclic amines) is 1. The van der Waals surface area contributed by atoms with Crippen LogP contribution in [0, 0.1) is 5.92 Å². The quantitative estimate of drug-likeness (QED) is 0.893. The van der Waals surface area contributed by atoms with Crippen LogP contribution in [0.3, 0.4) is 0 Å². The van der Waals surface area contributed by atoms with E-state index in [9.17, 15) is 9.90 Å². The number of nitrogens with zero attached hydrogens (tertiary/aromatic N) is 1. The van der Waals surface area contributed by atoms with Gasteiger partial charge in [-0.3, -0.25) is 0 Å². The van der Waals surface area contributed by atoms with Gasteiger partial charge in [0.1, 0.15) is 5.60 Å². The molecule has 1 amide bonds. The standard InChI is InChI=1S/C17H24ClNO3/c1-17(2,3)22-16(21)19-9-5-7-13(11-19)15(20)12-6-4-8-14(18)10-12/h4,6,8,10,13,15,20H,5,7,9,11H2,1-3H3/t13-,15+/m0/s1. The zero-order chi connectivity index (χ0) is 16.3. The fourth-order valence-electron chi connectivity index (χ4n) is 2.72. The predicted octanol–water partition coefficient (Wildman–Crippen LogP) is 4.02. The summed E-state index contributed by atoms with van der Waals surface area (Å²) in [7, 11) is 0. The van der Waals surface area contributed by atoms with Crippen molar-refractivity contribution in [1.82, 2.24) is 4.90 Å². The molecule has 1 aromatic carbocycles. The molecule has 4 nitrogen and oxygen atoms in total. The number of aliphatic hydroxyl groups excluding tert-OH is 1. The minimum atomic E-state index is -0.621. The van der Waals surface area contributed by atoms with Crippen molar-refractivity contribution in [3.63, 3.8) is 0 Å². The second kappa shape index (κ2) is 6.88. The minimum absolute atomic E-state index is 0.000245. The molecule has 1 aliphatic rings. The van der Waals surface area contributed by atoms with Crippen LogP contribution in [0.5, 0.6) is 0 Å². The fraction of sp³-hybridized carbons (Fsp3) is 0.588. The highest BCUT2D eigenvalue weighted by Crippen LogP contribution is 2.31. The van der Waals surface area contributed by atoms with E-state index in [-0.39, 0.29) is 12.0 Å². The molecule has 5 heteroatoms. The van der Waals surface area contributed by atoms with Gasteiger partial charge >= 0.3 is 6.09 Å². The van der Waals surface area contributed by atoms with Crippen LogP contribution in [0.2, 0.25) is 5.02 Å². The monoisotopic (exact) mass is 325 g/mol. The van der Waals surface area contributed by atoms with Gasteiger partial charge in [-0.1, -0.05) is 23.7 Å². The number of hydrogen-bond donors (Lipinski definition) is 1. The van der Waals surface area contributed by atoms with Crippen molar-refractivity contribution in [2.75, 3.05) is 13.1 Å². The Morgan fingerprint density at radius 3 is 2.82 bits per heavy atom. The van der Waals surface area contributed by atoms with E-state index in [4.69, 9.17) is 16.3 Å². The van der Waals surface area contributed by atoms with Crippen LogP contribution in [-0.4, -0.2) is 34.8 Å². The van der Waals surface area contributed by atoms with Crippen LogP contribution in [0.1, 0.15) is 45.3 Å². The van der Waals surface area contributed by atoms with Gasteiger partial charge in [-0.25, -0.2) is 4.79 Å². The van der Waals surface area contributed by atoms with Crippen LogP contribution in [0.4, 0.5) is 4.79 Å². The number of rotatable bonds is 2. The van der Waals surface area contributed by atoms with E-state index >= 15 is 0 Å².